The van der Waals surface area contributed by atoms with Gasteiger partial charge in [0, 0.05) is 16.7 Å². The molecule has 10 aromatic rings. The van der Waals surface area contributed by atoms with E-state index < -0.39 is 5.41 Å². The van der Waals surface area contributed by atoms with Crippen LogP contribution in [0.3, 0.4) is 0 Å². The van der Waals surface area contributed by atoms with Crippen molar-refractivity contribution >= 4 is 10.8 Å². The quantitative estimate of drug-likeness (QED) is 0.163. The summed E-state index contributed by atoms with van der Waals surface area (Å²) in [5, 5.41) is 2.34. The van der Waals surface area contributed by atoms with Crippen LogP contribution in [0.1, 0.15) is 22.3 Å². The summed E-state index contributed by atoms with van der Waals surface area (Å²) in [6.07, 6.45) is 0. The third kappa shape index (κ3) is 5.78. The van der Waals surface area contributed by atoms with E-state index in [9.17, 15) is 0 Å². The molecule has 0 fully saturated rings. The average molecular weight is 752 g/mol. The van der Waals surface area contributed by atoms with Crippen molar-refractivity contribution in [3.05, 3.63) is 247 Å². The van der Waals surface area contributed by atoms with Crippen LogP contribution in [0.4, 0.5) is 0 Å². The predicted octanol–water partition coefficient (Wildman–Crippen LogP) is 13.7. The van der Waals surface area contributed by atoms with Crippen molar-refractivity contribution in [2.75, 3.05) is 0 Å². The van der Waals surface area contributed by atoms with E-state index in [-0.39, 0.29) is 0 Å². The van der Waals surface area contributed by atoms with Crippen molar-refractivity contribution in [2.24, 2.45) is 0 Å². The zero-order chi connectivity index (χ0) is 39.2. The minimum Gasteiger partial charge on any atom is -0.208 e. The van der Waals surface area contributed by atoms with Gasteiger partial charge in [-0.05, 0) is 78.5 Å². The van der Waals surface area contributed by atoms with Gasteiger partial charge in [0.1, 0.15) is 0 Å². The topological polar surface area (TPSA) is 38.7 Å². The molecule has 59 heavy (non-hydrogen) atoms. The van der Waals surface area contributed by atoms with Crippen molar-refractivity contribution in [1.82, 2.24) is 15.0 Å². The fourth-order valence-electron chi connectivity index (χ4n) is 9.15. The van der Waals surface area contributed by atoms with E-state index in [1.807, 2.05) is 24.3 Å². The Balaban J connectivity index is 1.17. The SMILES string of the molecule is c1ccc(-c2ccc(-c3nc(-c4ccccc4)nc(-c4ccc5c6c(cc(-c7ccccc7)c5c4)-c4ccccc4C6(c4ccccc4)c4ccccc4)n3)cc2)cc1. The lowest BCUT2D eigenvalue weighted by Gasteiger charge is -2.35. The van der Waals surface area contributed by atoms with E-state index in [1.165, 1.54) is 49.9 Å². The largest absolute Gasteiger partial charge is 0.208 e. The van der Waals surface area contributed by atoms with Crippen molar-refractivity contribution in [2.45, 2.75) is 5.41 Å². The van der Waals surface area contributed by atoms with Crippen LogP contribution in [0.5, 0.6) is 0 Å². The van der Waals surface area contributed by atoms with Crippen LogP contribution in [0.15, 0.2) is 224 Å². The summed E-state index contributed by atoms with van der Waals surface area (Å²) in [7, 11) is 0. The molecule has 11 rings (SSSR count). The maximum Gasteiger partial charge on any atom is 0.164 e. The van der Waals surface area contributed by atoms with Crippen LogP contribution in [0, 0.1) is 0 Å². The molecule has 0 amide bonds. The van der Waals surface area contributed by atoms with Crippen LogP contribution in [-0.4, -0.2) is 15.0 Å². The maximum atomic E-state index is 5.22. The fraction of sp³-hybridized carbons (Fsp3) is 0.0179. The highest BCUT2D eigenvalue weighted by Crippen LogP contribution is 2.59. The molecule has 276 valence electrons. The van der Waals surface area contributed by atoms with Gasteiger partial charge in [-0.2, -0.15) is 0 Å². The third-order valence-electron chi connectivity index (χ3n) is 11.8. The van der Waals surface area contributed by atoms with E-state index in [4.69, 9.17) is 15.0 Å². The van der Waals surface area contributed by atoms with Gasteiger partial charge in [-0.1, -0.05) is 212 Å². The van der Waals surface area contributed by atoms with E-state index >= 15 is 0 Å². The number of benzene rings is 9. The predicted molar refractivity (Wildman–Crippen MR) is 242 cm³/mol. The Morgan fingerprint density at radius 1 is 0.271 bits per heavy atom. The summed E-state index contributed by atoms with van der Waals surface area (Å²) in [6, 6.07) is 80.1. The van der Waals surface area contributed by atoms with Gasteiger partial charge in [-0.15, -0.1) is 0 Å². The van der Waals surface area contributed by atoms with Gasteiger partial charge in [0.15, 0.2) is 17.5 Å². The number of rotatable bonds is 7. The van der Waals surface area contributed by atoms with Crippen LogP contribution in [-0.2, 0) is 5.41 Å². The first-order valence-corrected chi connectivity index (χ1v) is 20.1. The minimum atomic E-state index is -0.545. The van der Waals surface area contributed by atoms with Crippen LogP contribution in [0.25, 0.3) is 78.3 Å². The lowest BCUT2D eigenvalue weighted by molar-refractivity contribution is 0.775. The molecule has 0 saturated carbocycles. The second-order valence-corrected chi connectivity index (χ2v) is 15.1. The highest BCUT2D eigenvalue weighted by molar-refractivity contribution is 6.08. The van der Waals surface area contributed by atoms with Gasteiger partial charge in [-0.25, -0.2) is 15.0 Å². The van der Waals surface area contributed by atoms with Crippen LogP contribution in [0.2, 0.25) is 0 Å². The Kier molecular flexibility index (Phi) is 8.37. The van der Waals surface area contributed by atoms with E-state index in [0.717, 1.165) is 33.2 Å². The first-order chi connectivity index (χ1) is 29.3. The van der Waals surface area contributed by atoms with Crippen molar-refractivity contribution in [3.63, 3.8) is 0 Å². The summed E-state index contributed by atoms with van der Waals surface area (Å²) in [4.78, 5) is 15.5. The highest BCUT2D eigenvalue weighted by Gasteiger charge is 2.47. The summed E-state index contributed by atoms with van der Waals surface area (Å²) < 4.78 is 0. The molecule has 1 aliphatic rings. The first-order valence-electron chi connectivity index (χ1n) is 20.1. The molecular weight excluding hydrogens is 715 g/mol. The van der Waals surface area contributed by atoms with Gasteiger partial charge in [-0.3, -0.25) is 0 Å². The average Bonchev–Trinajstić information content (AvgIpc) is 3.63. The van der Waals surface area contributed by atoms with Crippen molar-refractivity contribution < 1.29 is 0 Å². The molecule has 1 aliphatic carbocycles. The zero-order valence-electron chi connectivity index (χ0n) is 32.2. The molecule has 9 aromatic carbocycles. The smallest absolute Gasteiger partial charge is 0.164 e. The Morgan fingerprint density at radius 3 is 1.29 bits per heavy atom. The molecule has 0 atom stereocenters. The number of fused-ring (bicyclic) bond motifs is 5. The molecule has 0 aliphatic heterocycles. The van der Waals surface area contributed by atoms with Gasteiger partial charge in [0.25, 0.3) is 0 Å². The van der Waals surface area contributed by atoms with E-state index in [2.05, 4.69) is 200 Å². The molecule has 1 heterocycles. The molecule has 0 unspecified atom stereocenters. The molecule has 0 N–H and O–H groups in total. The van der Waals surface area contributed by atoms with Gasteiger partial charge >= 0.3 is 0 Å². The monoisotopic (exact) mass is 751 g/mol. The molecule has 0 spiro atoms. The van der Waals surface area contributed by atoms with Gasteiger partial charge in [0.2, 0.25) is 0 Å². The Hall–Kier alpha value is -7.75. The van der Waals surface area contributed by atoms with Crippen molar-refractivity contribution in [1.29, 1.82) is 0 Å². The second kappa shape index (κ2) is 14.3. The molecular formula is C56H37N3. The van der Waals surface area contributed by atoms with Crippen LogP contribution >= 0.6 is 0 Å². The second-order valence-electron chi connectivity index (χ2n) is 15.1. The lowest BCUT2D eigenvalue weighted by Crippen LogP contribution is -2.28. The summed E-state index contributed by atoms with van der Waals surface area (Å²) in [5.74, 6) is 1.90. The first kappa shape index (κ1) is 34.5. The fourth-order valence-corrected chi connectivity index (χ4v) is 9.15. The normalized spacial score (nSPS) is 12.5. The minimum absolute atomic E-state index is 0.545. The third-order valence-corrected chi connectivity index (χ3v) is 11.8. The Labute approximate surface area is 344 Å². The number of hydrogen-bond acceptors (Lipinski definition) is 3. The lowest BCUT2D eigenvalue weighted by atomic mass is 9.66. The van der Waals surface area contributed by atoms with E-state index in [1.54, 1.807) is 0 Å². The standard InChI is InChI=1S/C56H37N3/c1-6-18-38(19-7-1)39-30-32-42(33-31-39)54-57-53(41-22-10-3-11-23-41)58-55(59-54)43-34-35-47-49(36-43)48(40-20-8-2-9-21-40)37-50-46-28-16-17-29-51(46)56(52(47)50,44-24-12-4-13-25-44)45-26-14-5-15-27-45/h1-37H. The summed E-state index contributed by atoms with van der Waals surface area (Å²) in [5.41, 5.74) is 14.5. The highest BCUT2D eigenvalue weighted by atomic mass is 15.0. The van der Waals surface area contributed by atoms with Crippen molar-refractivity contribution in [3.8, 4) is 67.5 Å². The molecule has 0 saturated heterocycles. The molecule has 0 bridgehead atoms. The van der Waals surface area contributed by atoms with Crippen LogP contribution < -0.4 is 0 Å². The molecule has 0 radical (unpaired) electrons. The molecule has 3 heteroatoms. The van der Waals surface area contributed by atoms with Gasteiger partial charge in [0.05, 0.1) is 5.41 Å². The van der Waals surface area contributed by atoms with Gasteiger partial charge < -0.3 is 0 Å². The zero-order valence-corrected chi connectivity index (χ0v) is 32.2. The molecule has 3 nitrogen and oxygen atoms in total. The summed E-state index contributed by atoms with van der Waals surface area (Å²) >= 11 is 0. The van der Waals surface area contributed by atoms with E-state index in [0.29, 0.717) is 17.5 Å². The maximum absolute atomic E-state index is 5.22. The molecule has 1 aromatic heterocycles. The summed E-state index contributed by atoms with van der Waals surface area (Å²) in [6.45, 7) is 0. The number of hydrogen-bond donors (Lipinski definition) is 0. The number of nitrogens with zero attached hydrogens (tertiary/aromatic N) is 3. The Morgan fingerprint density at radius 2 is 0.695 bits per heavy atom. The number of aromatic nitrogens is 3. The Bertz CT molecular complexity index is 3070.